The Hall–Kier alpha value is -1.34. The van der Waals surface area contributed by atoms with Gasteiger partial charge in [-0.3, -0.25) is 4.79 Å². The molecule has 1 rings (SSSR count). The van der Waals surface area contributed by atoms with Gasteiger partial charge in [0.05, 0.1) is 11.3 Å². The van der Waals surface area contributed by atoms with Gasteiger partial charge in [0.1, 0.15) is 5.69 Å². The molecular formula is C12H17ClF3N3O. The van der Waals surface area contributed by atoms with Crippen LogP contribution in [0.3, 0.4) is 0 Å². The summed E-state index contributed by atoms with van der Waals surface area (Å²) in [5.41, 5.74) is -0.755. The third-order valence-corrected chi connectivity index (χ3v) is 2.51. The van der Waals surface area contributed by atoms with E-state index < -0.39 is 17.8 Å². The molecule has 0 saturated carbocycles. The van der Waals surface area contributed by atoms with E-state index in [2.05, 4.69) is 15.6 Å². The lowest BCUT2D eigenvalue weighted by atomic mass is 10.1. The monoisotopic (exact) mass is 311 g/mol. The Morgan fingerprint density at radius 3 is 2.45 bits per heavy atom. The topological polar surface area (TPSA) is 54.0 Å². The Balaban J connectivity index is 0.00000361. The number of hydrogen-bond donors (Lipinski definition) is 2. The maximum absolute atomic E-state index is 12.4. The van der Waals surface area contributed by atoms with Crippen molar-refractivity contribution >= 4 is 18.3 Å². The SMILES string of the molecule is CNCCCNC(=O)c1ccc(C(F)(F)F)nc1C.Cl. The van der Waals surface area contributed by atoms with Crippen LogP contribution >= 0.6 is 12.4 Å². The Morgan fingerprint density at radius 1 is 1.30 bits per heavy atom. The van der Waals surface area contributed by atoms with Gasteiger partial charge in [-0.25, -0.2) is 4.98 Å². The lowest BCUT2D eigenvalue weighted by molar-refractivity contribution is -0.141. The first kappa shape index (κ1) is 18.7. The summed E-state index contributed by atoms with van der Waals surface area (Å²) in [5, 5.41) is 5.56. The number of aromatic nitrogens is 1. The third kappa shape index (κ3) is 5.34. The van der Waals surface area contributed by atoms with Gasteiger partial charge >= 0.3 is 6.18 Å². The Bertz CT molecular complexity index is 452. The van der Waals surface area contributed by atoms with Crippen LogP contribution in [0, 0.1) is 6.92 Å². The summed E-state index contributed by atoms with van der Waals surface area (Å²) >= 11 is 0. The van der Waals surface area contributed by atoms with Crippen molar-refractivity contribution in [1.82, 2.24) is 15.6 Å². The van der Waals surface area contributed by atoms with Crippen LogP contribution in [-0.4, -0.2) is 31.0 Å². The molecule has 0 radical (unpaired) electrons. The van der Waals surface area contributed by atoms with Crippen molar-refractivity contribution in [2.75, 3.05) is 20.1 Å². The molecule has 0 aliphatic heterocycles. The molecule has 20 heavy (non-hydrogen) atoms. The van der Waals surface area contributed by atoms with E-state index in [1.54, 1.807) is 7.05 Å². The second kappa shape index (κ2) is 8.06. The van der Waals surface area contributed by atoms with Crippen LogP contribution in [0.1, 0.15) is 28.2 Å². The number of nitrogens with zero attached hydrogens (tertiary/aromatic N) is 1. The van der Waals surface area contributed by atoms with E-state index in [0.29, 0.717) is 6.54 Å². The van der Waals surface area contributed by atoms with Gasteiger partial charge in [-0.2, -0.15) is 13.2 Å². The molecule has 0 bridgehead atoms. The first-order valence-electron chi connectivity index (χ1n) is 5.84. The molecule has 0 saturated heterocycles. The molecular weight excluding hydrogens is 295 g/mol. The Labute approximate surface area is 121 Å². The summed E-state index contributed by atoms with van der Waals surface area (Å²) in [4.78, 5) is 15.1. The lowest BCUT2D eigenvalue weighted by Gasteiger charge is -2.10. The van der Waals surface area contributed by atoms with Gasteiger partial charge in [-0.05, 0) is 39.1 Å². The van der Waals surface area contributed by atoms with E-state index in [1.807, 2.05) is 0 Å². The minimum absolute atomic E-state index is 0. The standard InChI is InChI=1S/C12H16F3N3O.ClH/c1-8-9(11(19)17-7-3-6-16-2)4-5-10(18-8)12(13,14)15;/h4-5,16H,3,6-7H2,1-2H3,(H,17,19);1H. The number of pyridine rings is 1. The second-order valence-corrected chi connectivity index (χ2v) is 4.04. The molecule has 114 valence electrons. The Morgan fingerprint density at radius 2 is 1.95 bits per heavy atom. The normalized spacial score (nSPS) is 10.8. The van der Waals surface area contributed by atoms with Gasteiger partial charge in [0.2, 0.25) is 0 Å². The summed E-state index contributed by atoms with van der Waals surface area (Å²) < 4.78 is 37.3. The van der Waals surface area contributed by atoms with Crippen LogP contribution in [0.5, 0.6) is 0 Å². The molecule has 0 aliphatic rings. The predicted molar refractivity (Wildman–Crippen MR) is 72.1 cm³/mol. The van der Waals surface area contributed by atoms with Crippen molar-refractivity contribution < 1.29 is 18.0 Å². The predicted octanol–water partition coefficient (Wildman–Crippen LogP) is 2.17. The van der Waals surface area contributed by atoms with Gasteiger partial charge in [0.25, 0.3) is 5.91 Å². The van der Waals surface area contributed by atoms with Crippen LogP contribution in [0.4, 0.5) is 13.2 Å². The average Bonchev–Trinajstić information content (AvgIpc) is 2.33. The number of aryl methyl sites for hydroxylation is 1. The number of rotatable bonds is 5. The number of halogens is 4. The number of nitrogens with one attached hydrogen (secondary N) is 2. The molecule has 0 aromatic carbocycles. The van der Waals surface area contributed by atoms with Crippen LogP contribution in [0.25, 0.3) is 0 Å². The van der Waals surface area contributed by atoms with Gasteiger partial charge in [0, 0.05) is 6.54 Å². The summed E-state index contributed by atoms with van der Waals surface area (Å²) in [6, 6.07) is 1.97. The Kier molecular flexibility index (Phi) is 7.52. The highest BCUT2D eigenvalue weighted by atomic mass is 35.5. The van der Waals surface area contributed by atoms with E-state index in [1.165, 1.54) is 6.92 Å². The highest BCUT2D eigenvalue weighted by molar-refractivity contribution is 5.95. The zero-order valence-electron chi connectivity index (χ0n) is 11.2. The lowest BCUT2D eigenvalue weighted by Crippen LogP contribution is -2.27. The fraction of sp³-hybridized carbons (Fsp3) is 0.500. The second-order valence-electron chi connectivity index (χ2n) is 4.04. The minimum atomic E-state index is -4.49. The maximum Gasteiger partial charge on any atom is 0.433 e. The largest absolute Gasteiger partial charge is 0.433 e. The van der Waals surface area contributed by atoms with Crippen molar-refractivity contribution in [1.29, 1.82) is 0 Å². The van der Waals surface area contributed by atoms with E-state index >= 15 is 0 Å². The van der Waals surface area contributed by atoms with E-state index in [9.17, 15) is 18.0 Å². The quantitative estimate of drug-likeness (QED) is 0.820. The van der Waals surface area contributed by atoms with Crippen LogP contribution < -0.4 is 10.6 Å². The van der Waals surface area contributed by atoms with E-state index in [-0.39, 0.29) is 23.7 Å². The molecule has 2 N–H and O–H groups in total. The fourth-order valence-corrected chi connectivity index (χ4v) is 1.52. The number of carbonyl (C=O) groups excluding carboxylic acids is 1. The van der Waals surface area contributed by atoms with Gasteiger partial charge in [-0.1, -0.05) is 0 Å². The highest BCUT2D eigenvalue weighted by Gasteiger charge is 2.32. The van der Waals surface area contributed by atoms with Crippen molar-refractivity contribution in [3.63, 3.8) is 0 Å². The summed E-state index contributed by atoms with van der Waals surface area (Å²) in [6.45, 7) is 2.60. The third-order valence-electron chi connectivity index (χ3n) is 2.51. The minimum Gasteiger partial charge on any atom is -0.352 e. The van der Waals surface area contributed by atoms with E-state index in [4.69, 9.17) is 0 Å². The smallest absolute Gasteiger partial charge is 0.352 e. The van der Waals surface area contributed by atoms with Crippen molar-refractivity contribution in [3.8, 4) is 0 Å². The summed E-state index contributed by atoms with van der Waals surface area (Å²) in [6.07, 6.45) is -3.75. The molecule has 4 nitrogen and oxygen atoms in total. The molecule has 1 aromatic heterocycles. The molecule has 0 atom stereocenters. The van der Waals surface area contributed by atoms with Crippen molar-refractivity contribution in [2.24, 2.45) is 0 Å². The molecule has 0 spiro atoms. The van der Waals surface area contributed by atoms with Gasteiger partial charge in [-0.15, -0.1) is 12.4 Å². The fourth-order valence-electron chi connectivity index (χ4n) is 1.52. The number of amides is 1. The zero-order valence-corrected chi connectivity index (χ0v) is 12.0. The van der Waals surface area contributed by atoms with Crippen LogP contribution in [0.15, 0.2) is 12.1 Å². The molecule has 0 aliphatic carbocycles. The molecule has 0 unspecified atom stereocenters. The van der Waals surface area contributed by atoms with Crippen molar-refractivity contribution in [3.05, 3.63) is 29.1 Å². The van der Waals surface area contributed by atoms with Gasteiger partial charge in [0.15, 0.2) is 0 Å². The number of alkyl halides is 3. The zero-order chi connectivity index (χ0) is 14.5. The van der Waals surface area contributed by atoms with Crippen molar-refractivity contribution in [2.45, 2.75) is 19.5 Å². The first-order chi connectivity index (χ1) is 8.86. The summed E-state index contributed by atoms with van der Waals surface area (Å²) in [5.74, 6) is -0.408. The van der Waals surface area contributed by atoms with Crippen LogP contribution in [0.2, 0.25) is 0 Å². The van der Waals surface area contributed by atoms with Crippen LogP contribution in [-0.2, 0) is 6.18 Å². The van der Waals surface area contributed by atoms with Gasteiger partial charge < -0.3 is 10.6 Å². The number of carbonyl (C=O) groups is 1. The molecule has 1 aromatic rings. The molecule has 8 heteroatoms. The van der Waals surface area contributed by atoms with E-state index in [0.717, 1.165) is 25.1 Å². The number of hydrogen-bond acceptors (Lipinski definition) is 3. The maximum atomic E-state index is 12.4. The molecule has 1 amide bonds. The average molecular weight is 312 g/mol. The molecule has 0 fully saturated rings. The molecule has 1 heterocycles. The summed E-state index contributed by atoms with van der Waals surface area (Å²) in [7, 11) is 1.80. The first-order valence-corrected chi connectivity index (χ1v) is 5.84. The highest BCUT2D eigenvalue weighted by Crippen LogP contribution is 2.28.